The van der Waals surface area contributed by atoms with Gasteiger partial charge in [0.1, 0.15) is 12.4 Å². The van der Waals surface area contributed by atoms with Gasteiger partial charge in [0.05, 0.1) is 6.54 Å². The molecule has 0 fully saturated rings. The summed E-state index contributed by atoms with van der Waals surface area (Å²) in [7, 11) is 1.65. The van der Waals surface area contributed by atoms with Crippen molar-refractivity contribution in [1.29, 1.82) is 0 Å². The van der Waals surface area contributed by atoms with Crippen molar-refractivity contribution in [1.82, 2.24) is 25.4 Å². The quantitative estimate of drug-likeness (QED) is 0.312. The van der Waals surface area contributed by atoms with Crippen LogP contribution in [0.15, 0.2) is 23.2 Å². The molecule has 7 nitrogen and oxygen atoms in total. The van der Waals surface area contributed by atoms with Crippen LogP contribution in [0.3, 0.4) is 0 Å². The highest BCUT2D eigenvalue weighted by Crippen LogP contribution is 2.19. The van der Waals surface area contributed by atoms with E-state index >= 15 is 0 Å². The number of aromatic nitrogens is 3. The van der Waals surface area contributed by atoms with E-state index in [-0.39, 0.29) is 30.0 Å². The number of hydrogen-bond acceptors (Lipinski definition) is 4. The van der Waals surface area contributed by atoms with Crippen molar-refractivity contribution in [3.8, 4) is 0 Å². The second-order valence-electron chi connectivity index (χ2n) is 6.73. The maximum absolute atomic E-state index is 6.07. The van der Waals surface area contributed by atoms with Gasteiger partial charge < -0.3 is 15.4 Å². The van der Waals surface area contributed by atoms with Crippen molar-refractivity contribution in [2.45, 2.75) is 45.4 Å². The van der Waals surface area contributed by atoms with E-state index in [1.807, 2.05) is 16.8 Å². The standard InChI is InChI=1S/C19H26Cl2N6O.HI/c1-3-22-19(23-7-6-13-8-14(20)10-15(21)9-13)24-16-4-5-18-25-17(12-28-2)26-27(18)11-16;/h8-10,16H,3-7,11-12H2,1-2H3,(H2,22,23,24);1H. The van der Waals surface area contributed by atoms with E-state index in [0.717, 1.165) is 55.5 Å². The molecule has 1 aromatic heterocycles. The summed E-state index contributed by atoms with van der Waals surface area (Å²) in [5, 5.41) is 12.6. The third-order valence-electron chi connectivity index (χ3n) is 4.45. The highest BCUT2D eigenvalue weighted by Gasteiger charge is 2.22. The number of hydrogen-bond donors (Lipinski definition) is 2. The summed E-state index contributed by atoms with van der Waals surface area (Å²) in [6, 6.07) is 5.84. The van der Waals surface area contributed by atoms with Gasteiger partial charge in [-0.25, -0.2) is 9.67 Å². The summed E-state index contributed by atoms with van der Waals surface area (Å²) < 4.78 is 7.09. The lowest BCUT2D eigenvalue weighted by molar-refractivity contribution is 0.177. The van der Waals surface area contributed by atoms with E-state index < -0.39 is 0 Å². The van der Waals surface area contributed by atoms with Crippen LogP contribution in [0.4, 0.5) is 0 Å². The molecule has 1 aliphatic rings. The largest absolute Gasteiger partial charge is 0.377 e. The normalized spacial score (nSPS) is 16.1. The van der Waals surface area contributed by atoms with Crippen LogP contribution in [-0.4, -0.2) is 47.0 Å². The molecule has 1 aromatic carbocycles. The monoisotopic (exact) mass is 552 g/mol. The fourth-order valence-corrected chi connectivity index (χ4v) is 3.81. The molecule has 1 atom stereocenters. The van der Waals surface area contributed by atoms with E-state index in [4.69, 9.17) is 32.9 Å². The molecular weight excluding hydrogens is 526 g/mol. The number of aliphatic imine (C=N–C) groups is 1. The van der Waals surface area contributed by atoms with Gasteiger partial charge in [0.2, 0.25) is 0 Å². The topological polar surface area (TPSA) is 76.4 Å². The summed E-state index contributed by atoms with van der Waals surface area (Å²) >= 11 is 12.1. The van der Waals surface area contributed by atoms with Crippen LogP contribution >= 0.6 is 47.2 Å². The van der Waals surface area contributed by atoms with Crippen LogP contribution in [-0.2, 0) is 30.7 Å². The first kappa shape index (κ1) is 24.2. The lowest BCUT2D eigenvalue weighted by atomic mass is 10.1. The van der Waals surface area contributed by atoms with Crippen LogP contribution in [0, 0.1) is 0 Å². The Labute approximate surface area is 198 Å². The molecule has 3 rings (SSSR count). The molecule has 0 amide bonds. The van der Waals surface area contributed by atoms with Crippen LogP contribution < -0.4 is 10.6 Å². The Kier molecular flexibility index (Phi) is 9.94. The van der Waals surface area contributed by atoms with E-state index in [0.29, 0.717) is 23.2 Å². The number of benzene rings is 1. The highest BCUT2D eigenvalue weighted by molar-refractivity contribution is 14.0. The Balaban J connectivity index is 0.00000300. The minimum atomic E-state index is 0. The van der Waals surface area contributed by atoms with Gasteiger partial charge in [0, 0.05) is 42.7 Å². The van der Waals surface area contributed by atoms with Gasteiger partial charge in [0.15, 0.2) is 11.8 Å². The molecule has 0 saturated heterocycles. The molecule has 0 aliphatic carbocycles. The number of methoxy groups -OCH3 is 1. The van der Waals surface area contributed by atoms with E-state index in [1.165, 1.54) is 0 Å². The van der Waals surface area contributed by atoms with Gasteiger partial charge in [-0.15, -0.1) is 24.0 Å². The SMILES string of the molecule is CCNC(=NCCc1cc(Cl)cc(Cl)c1)NC1CCc2nc(COC)nn2C1.I. The molecule has 29 heavy (non-hydrogen) atoms. The van der Waals surface area contributed by atoms with Crippen molar-refractivity contribution in [3.05, 3.63) is 45.5 Å². The molecule has 0 saturated carbocycles. The van der Waals surface area contributed by atoms with Crippen molar-refractivity contribution in [2.24, 2.45) is 4.99 Å². The maximum Gasteiger partial charge on any atom is 0.191 e. The van der Waals surface area contributed by atoms with E-state index in [2.05, 4.69) is 27.6 Å². The molecule has 1 unspecified atom stereocenters. The van der Waals surface area contributed by atoms with Crippen LogP contribution in [0.5, 0.6) is 0 Å². The number of nitrogens with zero attached hydrogens (tertiary/aromatic N) is 4. The molecule has 10 heteroatoms. The maximum atomic E-state index is 6.07. The minimum absolute atomic E-state index is 0. The molecule has 2 N–H and O–H groups in total. The summed E-state index contributed by atoms with van der Waals surface area (Å²) in [6.45, 7) is 4.71. The van der Waals surface area contributed by atoms with Crippen molar-refractivity contribution in [3.63, 3.8) is 0 Å². The van der Waals surface area contributed by atoms with Crippen molar-refractivity contribution < 1.29 is 4.74 Å². The Morgan fingerprint density at radius 1 is 1.31 bits per heavy atom. The molecule has 0 spiro atoms. The number of rotatable bonds is 7. The van der Waals surface area contributed by atoms with E-state index in [9.17, 15) is 0 Å². The molecule has 0 radical (unpaired) electrons. The van der Waals surface area contributed by atoms with Crippen LogP contribution in [0.2, 0.25) is 10.0 Å². The molecular formula is C19H27Cl2IN6O. The molecule has 160 valence electrons. The third kappa shape index (κ3) is 7.27. The molecule has 2 aromatic rings. The predicted molar refractivity (Wildman–Crippen MR) is 128 cm³/mol. The van der Waals surface area contributed by atoms with Crippen LogP contribution in [0.25, 0.3) is 0 Å². The molecule has 2 heterocycles. The summed E-state index contributed by atoms with van der Waals surface area (Å²) in [5.41, 5.74) is 1.08. The Morgan fingerprint density at radius 2 is 2.07 bits per heavy atom. The van der Waals surface area contributed by atoms with E-state index in [1.54, 1.807) is 13.2 Å². The molecule has 0 bridgehead atoms. The minimum Gasteiger partial charge on any atom is -0.377 e. The lowest BCUT2D eigenvalue weighted by Crippen LogP contribution is -2.47. The summed E-state index contributed by atoms with van der Waals surface area (Å²) in [6.07, 6.45) is 2.64. The molecule has 1 aliphatic heterocycles. The zero-order valence-electron chi connectivity index (χ0n) is 16.6. The summed E-state index contributed by atoms with van der Waals surface area (Å²) in [5.74, 6) is 2.56. The first-order valence-corrected chi connectivity index (χ1v) is 10.2. The Hall–Kier alpha value is -1.10. The number of fused-ring (bicyclic) bond motifs is 1. The zero-order chi connectivity index (χ0) is 19.9. The average Bonchev–Trinajstić information content (AvgIpc) is 3.03. The van der Waals surface area contributed by atoms with Gasteiger partial charge >= 0.3 is 0 Å². The van der Waals surface area contributed by atoms with Gasteiger partial charge in [-0.2, -0.15) is 5.10 Å². The fourth-order valence-electron chi connectivity index (χ4n) is 3.23. The number of aryl methyl sites for hydroxylation is 1. The second kappa shape index (κ2) is 11.9. The second-order valence-corrected chi connectivity index (χ2v) is 7.60. The van der Waals surface area contributed by atoms with Crippen molar-refractivity contribution in [2.75, 3.05) is 20.2 Å². The first-order valence-electron chi connectivity index (χ1n) is 9.48. The smallest absolute Gasteiger partial charge is 0.191 e. The Morgan fingerprint density at radius 3 is 2.76 bits per heavy atom. The summed E-state index contributed by atoms with van der Waals surface area (Å²) in [4.78, 5) is 9.22. The van der Waals surface area contributed by atoms with Gasteiger partial charge in [0.25, 0.3) is 0 Å². The lowest BCUT2D eigenvalue weighted by Gasteiger charge is -2.25. The zero-order valence-corrected chi connectivity index (χ0v) is 20.5. The number of nitrogens with one attached hydrogen (secondary N) is 2. The number of ether oxygens (including phenoxy) is 1. The van der Waals surface area contributed by atoms with Crippen molar-refractivity contribution >= 4 is 53.1 Å². The predicted octanol–water partition coefficient (Wildman–Crippen LogP) is 3.46. The highest BCUT2D eigenvalue weighted by atomic mass is 127. The van der Waals surface area contributed by atoms with Gasteiger partial charge in [-0.1, -0.05) is 23.2 Å². The van der Waals surface area contributed by atoms with Gasteiger partial charge in [-0.3, -0.25) is 4.99 Å². The fraction of sp³-hybridized carbons (Fsp3) is 0.526. The third-order valence-corrected chi connectivity index (χ3v) is 4.89. The number of halogens is 3. The Bertz CT molecular complexity index is 809. The van der Waals surface area contributed by atoms with Crippen LogP contribution in [0.1, 0.15) is 30.6 Å². The van der Waals surface area contributed by atoms with Gasteiger partial charge in [-0.05, 0) is 43.5 Å². The average molecular weight is 553 g/mol. The first-order chi connectivity index (χ1) is 13.6. The number of guanidine groups is 1.